The zero-order valence-corrected chi connectivity index (χ0v) is 7.84. The van der Waals surface area contributed by atoms with Gasteiger partial charge in [-0.25, -0.2) is 9.97 Å². The zero-order chi connectivity index (χ0) is 10.2. The van der Waals surface area contributed by atoms with Crippen LogP contribution in [0.3, 0.4) is 0 Å². The maximum atomic E-state index is 11.6. The molecule has 5 heteroatoms. The van der Waals surface area contributed by atoms with E-state index in [1.807, 2.05) is 0 Å². The number of amides is 1. The molecule has 0 saturated carbocycles. The van der Waals surface area contributed by atoms with Crippen LogP contribution in [0.4, 0.5) is 0 Å². The van der Waals surface area contributed by atoms with Gasteiger partial charge in [0.2, 0.25) is 0 Å². The Hall–Kier alpha value is -1.49. The number of β-amino-alcohol motifs (C(OH)–C–C–N with tert-alkyl or cyclic N) is 1. The van der Waals surface area contributed by atoms with Crippen molar-refractivity contribution in [3.63, 3.8) is 0 Å². The predicted octanol–water partition coefficient (Wildman–Crippen LogP) is -0.317. The van der Waals surface area contributed by atoms with Crippen molar-refractivity contribution in [1.82, 2.24) is 14.9 Å². The second kappa shape index (κ2) is 3.02. The van der Waals surface area contributed by atoms with Gasteiger partial charge in [0.25, 0.3) is 5.91 Å². The normalized spacial score (nSPS) is 18.9. The van der Waals surface area contributed by atoms with Crippen molar-refractivity contribution in [1.29, 1.82) is 0 Å². The lowest BCUT2D eigenvalue weighted by Crippen LogP contribution is -2.61. The minimum Gasteiger partial charge on any atom is -0.386 e. The summed E-state index contributed by atoms with van der Waals surface area (Å²) in [6.45, 7) is 2.46. The van der Waals surface area contributed by atoms with Gasteiger partial charge in [0.15, 0.2) is 0 Å². The summed E-state index contributed by atoms with van der Waals surface area (Å²) in [5.41, 5.74) is -0.270. The first-order valence-corrected chi connectivity index (χ1v) is 4.35. The lowest BCUT2D eigenvalue weighted by molar-refractivity contribution is -0.0669. The van der Waals surface area contributed by atoms with Crippen LogP contribution in [0.15, 0.2) is 18.7 Å². The number of nitrogens with zero attached hydrogens (tertiary/aromatic N) is 3. The van der Waals surface area contributed by atoms with Crippen LogP contribution in [0.25, 0.3) is 0 Å². The molecule has 1 fully saturated rings. The van der Waals surface area contributed by atoms with Gasteiger partial charge < -0.3 is 10.0 Å². The second-order valence-corrected chi connectivity index (χ2v) is 3.79. The Morgan fingerprint density at radius 3 is 2.57 bits per heavy atom. The Bertz CT molecular complexity index is 342. The Morgan fingerprint density at radius 2 is 2.07 bits per heavy atom. The first-order chi connectivity index (χ1) is 6.58. The van der Waals surface area contributed by atoms with Crippen LogP contribution in [0.5, 0.6) is 0 Å². The molecule has 2 heterocycles. The number of carbonyl (C=O) groups is 1. The smallest absolute Gasteiger partial charge is 0.257 e. The topological polar surface area (TPSA) is 66.3 Å². The van der Waals surface area contributed by atoms with Gasteiger partial charge in [-0.3, -0.25) is 4.79 Å². The Morgan fingerprint density at radius 1 is 1.50 bits per heavy atom. The van der Waals surface area contributed by atoms with Crippen LogP contribution in [-0.4, -0.2) is 44.6 Å². The van der Waals surface area contributed by atoms with Crippen LogP contribution < -0.4 is 0 Å². The molecule has 1 aliphatic heterocycles. The molecule has 74 valence electrons. The van der Waals surface area contributed by atoms with Crippen molar-refractivity contribution < 1.29 is 9.90 Å². The fourth-order valence-electron chi connectivity index (χ4n) is 1.51. The molecular formula is C9H11N3O2. The van der Waals surface area contributed by atoms with Crippen molar-refractivity contribution in [3.8, 4) is 0 Å². The molecule has 2 rings (SSSR count). The van der Waals surface area contributed by atoms with Crippen molar-refractivity contribution in [2.75, 3.05) is 13.1 Å². The van der Waals surface area contributed by atoms with Crippen LogP contribution in [0, 0.1) is 0 Å². The Kier molecular flexibility index (Phi) is 1.96. The first-order valence-electron chi connectivity index (χ1n) is 4.35. The summed E-state index contributed by atoms with van der Waals surface area (Å²) in [7, 11) is 0. The molecular weight excluding hydrogens is 182 g/mol. The molecule has 1 aromatic rings. The molecule has 1 aromatic heterocycles. The van der Waals surface area contributed by atoms with Crippen LogP contribution >= 0.6 is 0 Å². The third kappa shape index (κ3) is 1.58. The highest BCUT2D eigenvalue weighted by atomic mass is 16.3. The standard InChI is InChI=1S/C9H11N3O2/c1-9(14)4-12(5-9)8(13)7-2-10-6-11-3-7/h2-3,6,14H,4-5H2,1H3. The molecule has 1 amide bonds. The number of aromatic nitrogens is 2. The summed E-state index contributed by atoms with van der Waals surface area (Å²) in [5.74, 6) is -0.128. The minimum absolute atomic E-state index is 0.128. The molecule has 1 aliphatic rings. The fourth-order valence-corrected chi connectivity index (χ4v) is 1.51. The van der Waals surface area contributed by atoms with Gasteiger partial charge >= 0.3 is 0 Å². The van der Waals surface area contributed by atoms with E-state index in [2.05, 4.69) is 9.97 Å². The fraction of sp³-hybridized carbons (Fsp3) is 0.444. The number of rotatable bonds is 1. The van der Waals surface area contributed by atoms with Gasteiger partial charge in [0.1, 0.15) is 6.33 Å². The molecule has 0 unspecified atom stereocenters. The van der Waals surface area contributed by atoms with Crippen LogP contribution in [-0.2, 0) is 0 Å². The van der Waals surface area contributed by atoms with E-state index in [0.29, 0.717) is 18.7 Å². The van der Waals surface area contributed by atoms with E-state index < -0.39 is 5.60 Å². The average molecular weight is 193 g/mol. The molecule has 0 aliphatic carbocycles. The van der Waals surface area contributed by atoms with Crippen LogP contribution in [0.2, 0.25) is 0 Å². The molecule has 0 aromatic carbocycles. The van der Waals surface area contributed by atoms with Gasteiger partial charge in [-0.15, -0.1) is 0 Å². The zero-order valence-electron chi connectivity index (χ0n) is 7.84. The van der Waals surface area contributed by atoms with Crippen molar-refractivity contribution in [2.24, 2.45) is 0 Å². The van der Waals surface area contributed by atoms with E-state index in [1.165, 1.54) is 18.7 Å². The van der Waals surface area contributed by atoms with Gasteiger partial charge in [-0.1, -0.05) is 0 Å². The highest BCUT2D eigenvalue weighted by Crippen LogP contribution is 2.21. The molecule has 14 heavy (non-hydrogen) atoms. The van der Waals surface area contributed by atoms with E-state index in [4.69, 9.17) is 0 Å². The van der Waals surface area contributed by atoms with Crippen LogP contribution in [0.1, 0.15) is 17.3 Å². The quantitative estimate of drug-likeness (QED) is 0.664. The number of aliphatic hydroxyl groups is 1. The summed E-state index contributed by atoms with van der Waals surface area (Å²) in [5, 5.41) is 9.45. The van der Waals surface area contributed by atoms with Gasteiger partial charge in [0, 0.05) is 12.4 Å². The Balaban J connectivity index is 2.05. The summed E-state index contributed by atoms with van der Waals surface area (Å²) < 4.78 is 0. The Labute approximate surface area is 81.4 Å². The highest BCUT2D eigenvalue weighted by Gasteiger charge is 2.39. The van der Waals surface area contributed by atoms with Crippen molar-refractivity contribution >= 4 is 5.91 Å². The number of hydrogen-bond donors (Lipinski definition) is 1. The third-order valence-corrected chi connectivity index (χ3v) is 2.16. The maximum absolute atomic E-state index is 11.6. The van der Waals surface area contributed by atoms with Crippen molar-refractivity contribution in [2.45, 2.75) is 12.5 Å². The predicted molar refractivity (Wildman–Crippen MR) is 48.6 cm³/mol. The largest absolute Gasteiger partial charge is 0.386 e. The van der Waals surface area contributed by atoms with E-state index >= 15 is 0 Å². The molecule has 0 atom stereocenters. The maximum Gasteiger partial charge on any atom is 0.257 e. The lowest BCUT2D eigenvalue weighted by atomic mass is 9.96. The van der Waals surface area contributed by atoms with E-state index in [1.54, 1.807) is 11.8 Å². The third-order valence-electron chi connectivity index (χ3n) is 2.16. The molecule has 0 spiro atoms. The summed E-state index contributed by atoms with van der Waals surface area (Å²) in [4.78, 5) is 20.7. The molecule has 0 radical (unpaired) electrons. The summed E-state index contributed by atoms with van der Waals surface area (Å²) >= 11 is 0. The van der Waals surface area contributed by atoms with E-state index in [0.717, 1.165) is 0 Å². The van der Waals surface area contributed by atoms with Gasteiger partial charge in [0.05, 0.1) is 24.3 Å². The average Bonchev–Trinajstić information content (AvgIpc) is 2.14. The van der Waals surface area contributed by atoms with E-state index in [9.17, 15) is 9.90 Å². The van der Waals surface area contributed by atoms with Gasteiger partial charge in [-0.05, 0) is 6.92 Å². The van der Waals surface area contributed by atoms with E-state index in [-0.39, 0.29) is 5.91 Å². The number of hydrogen-bond acceptors (Lipinski definition) is 4. The minimum atomic E-state index is -0.731. The SMILES string of the molecule is CC1(O)CN(C(=O)c2cncnc2)C1. The highest BCUT2D eigenvalue weighted by molar-refractivity contribution is 5.94. The van der Waals surface area contributed by atoms with Crippen molar-refractivity contribution in [3.05, 3.63) is 24.3 Å². The summed E-state index contributed by atoms with van der Waals surface area (Å²) in [6, 6.07) is 0. The molecule has 1 N–H and O–H groups in total. The summed E-state index contributed by atoms with van der Waals surface area (Å²) in [6.07, 6.45) is 4.33. The van der Waals surface area contributed by atoms with Gasteiger partial charge in [-0.2, -0.15) is 0 Å². The lowest BCUT2D eigenvalue weighted by Gasteiger charge is -2.44. The second-order valence-electron chi connectivity index (χ2n) is 3.79. The molecule has 1 saturated heterocycles. The monoisotopic (exact) mass is 193 g/mol. The number of likely N-dealkylation sites (tertiary alicyclic amines) is 1. The first kappa shape index (κ1) is 9.08. The number of carbonyl (C=O) groups excluding carboxylic acids is 1. The molecule has 0 bridgehead atoms. The molecule has 5 nitrogen and oxygen atoms in total.